The topological polar surface area (TPSA) is 46.3 Å². The van der Waals surface area contributed by atoms with E-state index in [1.54, 1.807) is 0 Å². The lowest BCUT2D eigenvalue weighted by atomic mass is 9.84. The second kappa shape index (κ2) is 4.97. The van der Waals surface area contributed by atoms with Crippen molar-refractivity contribution in [3.8, 4) is 0 Å². The molecule has 1 atom stereocenters. The molecule has 1 amide bonds. The summed E-state index contributed by atoms with van der Waals surface area (Å²) in [7, 11) is 0. The second-order valence-electron chi connectivity index (χ2n) is 6.14. The first-order valence-electron chi connectivity index (χ1n) is 7.12. The summed E-state index contributed by atoms with van der Waals surface area (Å²) in [6.07, 6.45) is 6.68. The molecule has 0 aromatic rings. The van der Waals surface area contributed by atoms with Crippen LogP contribution in [0.25, 0.3) is 0 Å². The summed E-state index contributed by atoms with van der Waals surface area (Å²) in [6, 6.07) is 0.450. The van der Waals surface area contributed by atoms with Gasteiger partial charge in [-0.05, 0) is 31.6 Å². The number of nitrogens with zero attached hydrogens (tertiary/aromatic N) is 1. The van der Waals surface area contributed by atoms with Crippen molar-refractivity contribution in [3.05, 3.63) is 0 Å². The zero-order valence-corrected chi connectivity index (χ0v) is 11.2. The van der Waals surface area contributed by atoms with Crippen LogP contribution >= 0.6 is 0 Å². The minimum absolute atomic E-state index is 0.211. The van der Waals surface area contributed by atoms with Gasteiger partial charge >= 0.3 is 0 Å². The van der Waals surface area contributed by atoms with Gasteiger partial charge in [0.15, 0.2) is 0 Å². The van der Waals surface area contributed by atoms with Gasteiger partial charge in [-0.15, -0.1) is 0 Å². The molecule has 0 spiro atoms. The quantitative estimate of drug-likeness (QED) is 0.819. The fourth-order valence-electron chi connectivity index (χ4n) is 3.60. The molecule has 1 aliphatic carbocycles. The Labute approximate surface area is 105 Å². The summed E-state index contributed by atoms with van der Waals surface area (Å²) in [4.78, 5) is 14.9. The molecule has 0 bridgehead atoms. The molecule has 1 saturated heterocycles. The predicted octanol–water partition coefficient (Wildman–Crippen LogP) is 2.15. The Morgan fingerprint density at radius 1 is 1.35 bits per heavy atom. The molecular weight excluding hydrogens is 212 g/mol. The first-order chi connectivity index (χ1) is 8.10. The van der Waals surface area contributed by atoms with Gasteiger partial charge in [-0.25, -0.2) is 0 Å². The lowest BCUT2D eigenvalue weighted by Crippen LogP contribution is -2.49. The lowest BCUT2D eigenvalue weighted by molar-refractivity contribution is -0.143. The van der Waals surface area contributed by atoms with Gasteiger partial charge in [-0.2, -0.15) is 0 Å². The van der Waals surface area contributed by atoms with Gasteiger partial charge < -0.3 is 10.6 Å². The molecule has 2 fully saturated rings. The number of hydrogen-bond donors (Lipinski definition) is 1. The maximum absolute atomic E-state index is 12.8. The van der Waals surface area contributed by atoms with Crippen LogP contribution in [0.2, 0.25) is 0 Å². The first-order valence-corrected chi connectivity index (χ1v) is 7.12. The molecule has 17 heavy (non-hydrogen) atoms. The molecule has 3 nitrogen and oxygen atoms in total. The SMILES string of the molecule is CC(C)C1CCCN1C(=O)C1(CN)CCCC1. The summed E-state index contributed by atoms with van der Waals surface area (Å²) in [5, 5.41) is 0. The average Bonchev–Trinajstić information content (AvgIpc) is 2.98. The van der Waals surface area contributed by atoms with Gasteiger partial charge in [0.2, 0.25) is 5.91 Å². The summed E-state index contributed by atoms with van der Waals surface area (Å²) in [5.41, 5.74) is 5.70. The molecule has 2 N–H and O–H groups in total. The van der Waals surface area contributed by atoms with Gasteiger partial charge in [0.05, 0.1) is 5.41 Å². The van der Waals surface area contributed by atoms with Crippen molar-refractivity contribution < 1.29 is 4.79 Å². The number of rotatable bonds is 3. The van der Waals surface area contributed by atoms with E-state index in [-0.39, 0.29) is 5.41 Å². The normalized spacial score (nSPS) is 28.0. The van der Waals surface area contributed by atoms with Gasteiger partial charge in [0, 0.05) is 19.1 Å². The van der Waals surface area contributed by atoms with Gasteiger partial charge in [0.25, 0.3) is 0 Å². The predicted molar refractivity (Wildman–Crippen MR) is 69.5 cm³/mol. The average molecular weight is 238 g/mol. The van der Waals surface area contributed by atoms with Crippen LogP contribution < -0.4 is 5.73 Å². The van der Waals surface area contributed by atoms with Crippen LogP contribution in [0.1, 0.15) is 52.4 Å². The standard InChI is InChI=1S/C14H26N2O/c1-11(2)12-6-5-9-16(12)13(17)14(10-15)7-3-4-8-14/h11-12H,3-10,15H2,1-2H3. The van der Waals surface area contributed by atoms with E-state index >= 15 is 0 Å². The van der Waals surface area contributed by atoms with Gasteiger partial charge in [-0.3, -0.25) is 4.79 Å². The molecule has 0 aromatic heterocycles. The van der Waals surface area contributed by atoms with Crippen LogP contribution in [0.3, 0.4) is 0 Å². The van der Waals surface area contributed by atoms with Gasteiger partial charge in [-0.1, -0.05) is 26.7 Å². The zero-order valence-electron chi connectivity index (χ0n) is 11.2. The Balaban J connectivity index is 2.13. The van der Waals surface area contributed by atoms with Crippen molar-refractivity contribution in [3.63, 3.8) is 0 Å². The molecule has 1 aliphatic heterocycles. The number of hydrogen-bond acceptors (Lipinski definition) is 2. The highest BCUT2D eigenvalue weighted by molar-refractivity contribution is 5.84. The molecule has 2 aliphatic rings. The molecule has 1 heterocycles. The summed E-state index contributed by atoms with van der Waals surface area (Å²) in [6.45, 7) is 5.93. The monoisotopic (exact) mass is 238 g/mol. The van der Waals surface area contributed by atoms with E-state index in [1.165, 1.54) is 19.3 Å². The van der Waals surface area contributed by atoms with E-state index < -0.39 is 0 Å². The van der Waals surface area contributed by atoms with Crippen LogP contribution in [0.15, 0.2) is 0 Å². The number of likely N-dealkylation sites (tertiary alicyclic amines) is 1. The van der Waals surface area contributed by atoms with E-state index in [1.807, 2.05) is 0 Å². The van der Waals surface area contributed by atoms with Crippen LogP contribution in [-0.4, -0.2) is 29.9 Å². The van der Waals surface area contributed by atoms with E-state index in [0.717, 1.165) is 25.8 Å². The Morgan fingerprint density at radius 3 is 2.53 bits per heavy atom. The van der Waals surface area contributed by atoms with Crippen LogP contribution in [0, 0.1) is 11.3 Å². The van der Waals surface area contributed by atoms with Crippen molar-refractivity contribution in [1.82, 2.24) is 4.90 Å². The van der Waals surface area contributed by atoms with Crippen molar-refractivity contribution >= 4 is 5.91 Å². The first kappa shape index (κ1) is 12.9. The van der Waals surface area contributed by atoms with Gasteiger partial charge in [0.1, 0.15) is 0 Å². The largest absolute Gasteiger partial charge is 0.339 e. The minimum Gasteiger partial charge on any atom is -0.339 e. The summed E-state index contributed by atoms with van der Waals surface area (Å²) >= 11 is 0. The lowest BCUT2D eigenvalue weighted by Gasteiger charge is -2.36. The smallest absolute Gasteiger partial charge is 0.230 e. The number of carbonyl (C=O) groups is 1. The maximum Gasteiger partial charge on any atom is 0.230 e. The highest BCUT2D eigenvalue weighted by Gasteiger charge is 2.45. The fraction of sp³-hybridized carbons (Fsp3) is 0.929. The van der Waals surface area contributed by atoms with E-state index in [9.17, 15) is 4.79 Å². The molecule has 0 radical (unpaired) electrons. The van der Waals surface area contributed by atoms with Crippen LogP contribution in [0.4, 0.5) is 0 Å². The second-order valence-corrected chi connectivity index (χ2v) is 6.14. The van der Waals surface area contributed by atoms with Crippen molar-refractivity contribution in [2.75, 3.05) is 13.1 Å². The zero-order chi connectivity index (χ0) is 12.5. The summed E-state index contributed by atoms with van der Waals surface area (Å²) in [5.74, 6) is 0.923. The Morgan fingerprint density at radius 2 is 2.00 bits per heavy atom. The molecular formula is C14H26N2O. The molecule has 98 valence electrons. The number of nitrogens with two attached hydrogens (primary N) is 1. The summed E-state index contributed by atoms with van der Waals surface area (Å²) < 4.78 is 0. The Kier molecular flexibility index (Phi) is 3.76. The van der Waals surface area contributed by atoms with Crippen molar-refractivity contribution in [2.24, 2.45) is 17.1 Å². The Bertz CT molecular complexity index is 282. The minimum atomic E-state index is -0.211. The fourth-order valence-corrected chi connectivity index (χ4v) is 3.60. The molecule has 1 saturated carbocycles. The van der Waals surface area contributed by atoms with E-state index in [2.05, 4.69) is 18.7 Å². The van der Waals surface area contributed by atoms with E-state index in [4.69, 9.17) is 5.73 Å². The number of carbonyl (C=O) groups excluding carboxylic acids is 1. The number of amides is 1. The molecule has 2 rings (SSSR count). The highest BCUT2D eigenvalue weighted by atomic mass is 16.2. The van der Waals surface area contributed by atoms with Crippen LogP contribution in [0.5, 0.6) is 0 Å². The molecule has 0 aromatic carbocycles. The van der Waals surface area contributed by atoms with E-state index in [0.29, 0.717) is 24.4 Å². The molecule has 3 heteroatoms. The van der Waals surface area contributed by atoms with Crippen molar-refractivity contribution in [2.45, 2.75) is 58.4 Å². The van der Waals surface area contributed by atoms with Crippen LogP contribution in [-0.2, 0) is 4.79 Å². The van der Waals surface area contributed by atoms with Crippen molar-refractivity contribution in [1.29, 1.82) is 0 Å². The Hall–Kier alpha value is -0.570. The third-order valence-electron chi connectivity index (χ3n) is 4.73. The molecule has 1 unspecified atom stereocenters. The third kappa shape index (κ3) is 2.22. The third-order valence-corrected chi connectivity index (χ3v) is 4.73. The highest BCUT2D eigenvalue weighted by Crippen LogP contribution is 2.40. The maximum atomic E-state index is 12.8.